The van der Waals surface area contributed by atoms with Crippen molar-refractivity contribution in [3.05, 3.63) is 286 Å². The summed E-state index contributed by atoms with van der Waals surface area (Å²) in [5, 5.41) is 26.3. The van der Waals surface area contributed by atoms with Gasteiger partial charge in [-0.3, -0.25) is 36.2 Å². The lowest BCUT2D eigenvalue weighted by molar-refractivity contribution is 0.209. The second-order valence-electron chi connectivity index (χ2n) is 36.3. The smallest absolute Gasteiger partial charge is 0.405 e. The van der Waals surface area contributed by atoms with Crippen molar-refractivity contribution in [2.75, 3.05) is 105 Å². The van der Waals surface area contributed by atoms with Crippen molar-refractivity contribution in [2.24, 2.45) is 0 Å². The van der Waals surface area contributed by atoms with E-state index in [0.29, 0.717) is 105 Å². The summed E-state index contributed by atoms with van der Waals surface area (Å²) in [7, 11) is -13.4. The average Bonchev–Trinajstić information content (AvgIpc) is 1.61. The van der Waals surface area contributed by atoms with Crippen LogP contribution >= 0.6 is 31.0 Å². The molecule has 3 aromatic heterocycles. The Bertz CT molecular complexity index is 5490. The maximum atomic E-state index is 12.9. The lowest BCUT2D eigenvalue weighted by Crippen LogP contribution is -2.16. The third kappa shape index (κ3) is 37.2. The van der Waals surface area contributed by atoms with Crippen molar-refractivity contribution in [3.63, 3.8) is 0 Å². The van der Waals surface area contributed by atoms with Gasteiger partial charge in [-0.1, -0.05) is 197 Å². The number of aromatic nitrogens is 4. The highest BCUT2D eigenvalue weighted by Gasteiger charge is 2.28. The van der Waals surface area contributed by atoms with Gasteiger partial charge in [-0.15, -0.1) is 0 Å². The van der Waals surface area contributed by atoms with E-state index in [4.69, 9.17) is 65.1 Å². The summed E-state index contributed by atoms with van der Waals surface area (Å²) in [6.07, 6.45) is 24.9. The second-order valence-corrected chi connectivity index (χ2v) is 43.6. The zero-order valence-corrected chi connectivity index (χ0v) is 91.2. The van der Waals surface area contributed by atoms with Crippen molar-refractivity contribution < 1.29 is 73.4 Å². The fourth-order valence-corrected chi connectivity index (χ4v) is 22.8. The summed E-state index contributed by atoms with van der Waals surface area (Å²) in [5.41, 5.74) is 22.9. The maximum absolute atomic E-state index is 12.9. The first kappa shape index (κ1) is 115. The van der Waals surface area contributed by atoms with E-state index in [0.717, 1.165) is 290 Å². The number of nitrogens with one attached hydrogen (secondary N) is 10. The number of unbranched alkanes of at least 4 members (excludes halogenated alkanes) is 12. The number of aromatic amines is 2. The van der Waals surface area contributed by atoms with Gasteiger partial charge >= 0.3 is 31.0 Å². The summed E-state index contributed by atoms with van der Waals surface area (Å²) >= 11 is 0. The van der Waals surface area contributed by atoms with Crippen LogP contribution in [0.3, 0.4) is 0 Å². The van der Waals surface area contributed by atoms with Crippen LogP contribution in [0.1, 0.15) is 225 Å². The lowest BCUT2D eigenvalue weighted by atomic mass is 10.0. The van der Waals surface area contributed by atoms with Crippen molar-refractivity contribution in [2.45, 2.75) is 210 Å². The van der Waals surface area contributed by atoms with Crippen molar-refractivity contribution in [1.82, 2.24) is 61.6 Å². The third-order valence-electron chi connectivity index (χ3n) is 25.1. The number of nitrogens with zero attached hydrogens (tertiary/aromatic N) is 2. The number of hydrogen-bond donors (Lipinski definition) is 10. The highest BCUT2D eigenvalue weighted by molar-refractivity contribution is 7.52. The second kappa shape index (κ2) is 62.0. The van der Waals surface area contributed by atoms with E-state index in [1.165, 1.54) is 22.3 Å². The fourth-order valence-electron chi connectivity index (χ4n) is 17.5. The van der Waals surface area contributed by atoms with Crippen LogP contribution < -0.4 is 60.6 Å². The molecular formula is C116H154N12O16P4. The fraction of sp³-hybridized carbons (Fsp3) is 0.414. The summed E-state index contributed by atoms with van der Waals surface area (Å²) in [6.45, 7) is 27.4. The Morgan fingerprint density at radius 3 is 0.574 bits per heavy atom. The van der Waals surface area contributed by atoms with E-state index < -0.39 is 31.0 Å². The zero-order valence-electron chi connectivity index (χ0n) is 87.6. The third-order valence-corrected chi connectivity index (χ3v) is 32.1. The van der Waals surface area contributed by atoms with Gasteiger partial charge in [0.15, 0.2) is 0 Å². The lowest BCUT2D eigenvalue weighted by Gasteiger charge is -2.17. The molecule has 0 unspecified atom stereocenters. The minimum absolute atomic E-state index is 0.297. The van der Waals surface area contributed by atoms with Crippen LogP contribution in [0.5, 0.6) is 23.0 Å². The van der Waals surface area contributed by atoms with Gasteiger partial charge in [-0.05, 0) is 297 Å². The van der Waals surface area contributed by atoms with E-state index >= 15 is 0 Å². The molecule has 0 aliphatic carbocycles. The average molecular weight is 2100 g/mol. The van der Waals surface area contributed by atoms with Crippen LogP contribution in [-0.2, 0) is 107 Å². The Balaban J connectivity index is 0.713. The van der Waals surface area contributed by atoms with Crippen LogP contribution in [0.15, 0.2) is 218 Å². The number of fused-ring (bicyclic) bond motifs is 8. The van der Waals surface area contributed by atoms with E-state index in [1.807, 2.05) is 48.5 Å². The minimum atomic E-state index is -3.34. The van der Waals surface area contributed by atoms with E-state index in [2.05, 4.69) is 246 Å². The molecule has 0 spiro atoms. The Hall–Kier alpha value is -10.2. The molecule has 794 valence electrons. The monoisotopic (exact) mass is 2100 g/mol. The molecule has 2 aliphatic rings. The molecule has 0 fully saturated rings. The molecule has 8 aromatic carbocycles. The normalized spacial score (nSPS) is 12.3. The predicted octanol–water partition coefficient (Wildman–Crippen LogP) is 27.3. The summed E-state index contributed by atoms with van der Waals surface area (Å²) in [5.74, 6) is 3.17. The molecule has 0 atom stereocenters. The van der Waals surface area contributed by atoms with E-state index in [1.54, 1.807) is 55.4 Å². The van der Waals surface area contributed by atoms with Crippen molar-refractivity contribution in [1.29, 1.82) is 0 Å². The number of rotatable bonds is 72. The molecule has 13 rings (SSSR count). The van der Waals surface area contributed by atoms with Gasteiger partial charge in [0.1, 0.15) is 23.0 Å². The van der Waals surface area contributed by atoms with Crippen LogP contribution in [0.25, 0.3) is 90.9 Å². The Morgan fingerprint density at radius 1 is 0.216 bits per heavy atom. The molecule has 0 radical (unpaired) electrons. The quantitative estimate of drug-likeness (QED) is 0.0125. The molecule has 0 amide bonds. The van der Waals surface area contributed by atoms with Crippen LogP contribution in [-0.4, -0.2) is 125 Å². The van der Waals surface area contributed by atoms with Gasteiger partial charge in [0, 0.05) is 96.7 Å². The molecule has 2 aliphatic heterocycles. The molecule has 148 heavy (non-hydrogen) atoms. The molecule has 8 bridgehead atoms. The van der Waals surface area contributed by atoms with Crippen molar-refractivity contribution >= 4 is 77.4 Å². The van der Waals surface area contributed by atoms with Gasteiger partial charge in [-0.25, -0.2) is 48.6 Å². The first-order chi connectivity index (χ1) is 72.4. The van der Waals surface area contributed by atoms with E-state index in [9.17, 15) is 18.3 Å². The number of ether oxygens (including phenoxy) is 4. The first-order valence-electron chi connectivity index (χ1n) is 53.2. The Morgan fingerprint density at radius 2 is 0.392 bits per heavy atom. The minimum Gasteiger partial charge on any atom is -0.494 e. The van der Waals surface area contributed by atoms with E-state index in [-0.39, 0.29) is 0 Å². The van der Waals surface area contributed by atoms with Gasteiger partial charge in [0.25, 0.3) is 0 Å². The molecule has 32 heteroatoms. The zero-order chi connectivity index (χ0) is 104. The van der Waals surface area contributed by atoms with Gasteiger partial charge in [0.05, 0.1) is 102 Å². The Kier molecular flexibility index (Phi) is 48.1. The van der Waals surface area contributed by atoms with Gasteiger partial charge < -0.3 is 50.2 Å². The largest absolute Gasteiger partial charge is 0.494 e. The first-order valence-corrected chi connectivity index (χ1v) is 59.4. The molecule has 0 saturated carbocycles. The van der Waals surface area contributed by atoms with Crippen LogP contribution in [0, 0.1) is 0 Å². The van der Waals surface area contributed by atoms with Crippen LogP contribution in [0.2, 0.25) is 0 Å². The molecule has 11 aromatic rings. The summed E-state index contributed by atoms with van der Waals surface area (Å²) in [6, 6.07) is 75.4. The number of benzene rings is 8. The van der Waals surface area contributed by atoms with Crippen LogP contribution in [0.4, 0.5) is 0 Å². The highest BCUT2D eigenvalue weighted by atomic mass is 31.2. The molecular weight excluding hydrogens is 1940 g/mol. The predicted molar refractivity (Wildman–Crippen MR) is 600 cm³/mol. The molecule has 28 nitrogen and oxygen atoms in total. The molecule has 10 N–H and O–H groups in total. The SMILES string of the molecule is CCOP(=O)(NCc1ccc(CNCCCCCCOc2ccc(-c3c4nc(c(-c5ccc(OCCCCCCNCc6ccc(CNP(=O)(OCC)OCC)cc6)cc5)c5ccc([nH]5)c(-c5ccc(OCCCCCCNCc6ccc(CNP(=O)(OCC)OCC)cc6)cc5)c5nc(c(-c6ccc(OCCCCCCNCc7ccc(CNP(=O)(OCC)OCC)cc7)cc6)c6ccc3[nH]6)C=C5)C=C4)cc2)cc1)OCC. The standard InChI is InChI=1S/C116H154N12O16P4/c1-9-137-145(129,138-10-2)121-85-93-41-33-89(34-42-93)81-117-73-25-17-21-29-77-133-101-57-49-97(50-58-101)113-105-65-67-107(125-105)114(98-51-59-102(60-52-98)134-78-30-22-18-26-74-118-82-90-35-43-94(44-36-90)86-122-146(130,139-11-3)140-12-4)109-69-71-111(127-109)116(100-55-63-104(64-56-100)136-80-32-24-20-28-76-120-84-92-39-47-96(48-40-92)88-124-148(132,143-15-7)144-16-8)112-72-70-110(128-112)115(108-68-66-106(113)126-108)99-53-61-103(62-54-99)135-79-31-23-19-27-75-119-83-91-37-45-95(46-38-91)87-123-147(131,141-13-5)142-14-6/h33-72,117-120,125,128H,9-32,73-88H2,1-8H3,(H,121,129)(H,122,130)(H,123,131)(H,124,132). The molecule has 5 heterocycles. The summed E-state index contributed by atoms with van der Waals surface area (Å²) in [4.78, 5) is 19.3. The Labute approximate surface area is 876 Å². The highest BCUT2D eigenvalue weighted by Crippen LogP contribution is 2.48. The molecule has 0 saturated heterocycles. The topological polar surface area (TPSA) is 333 Å². The number of H-pyrrole nitrogens is 2. The van der Waals surface area contributed by atoms with Gasteiger partial charge in [0.2, 0.25) is 0 Å². The van der Waals surface area contributed by atoms with Gasteiger partial charge in [-0.2, -0.15) is 0 Å². The van der Waals surface area contributed by atoms with Crippen molar-refractivity contribution in [3.8, 4) is 67.5 Å². The maximum Gasteiger partial charge on any atom is 0.405 e. The summed E-state index contributed by atoms with van der Waals surface area (Å²) < 4.78 is 121. The number of hydrogen-bond acceptors (Lipinski definition) is 22.